The first-order chi connectivity index (χ1) is 4.74. The van der Waals surface area contributed by atoms with Crippen LogP contribution in [-0.2, 0) is 0 Å². The zero-order chi connectivity index (χ0) is 7.56. The Bertz CT molecular complexity index is 180. The minimum Gasteiger partial charge on any atom is -0.390 e. The molecule has 0 aromatic rings. The van der Waals surface area contributed by atoms with E-state index in [1.165, 1.54) is 15.0 Å². The highest BCUT2D eigenvalue weighted by Gasteiger charge is 2.08. The normalized spacial score (nSPS) is 17.7. The predicted octanol–water partition coefficient (Wildman–Crippen LogP) is 1.22. The molecule has 1 heterocycles. The van der Waals surface area contributed by atoms with Crippen molar-refractivity contribution in [1.29, 1.82) is 0 Å². The summed E-state index contributed by atoms with van der Waals surface area (Å²) in [6.45, 7) is -0.128. The van der Waals surface area contributed by atoms with Crippen molar-refractivity contribution >= 4 is 23.6 Å². The number of rotatable bonds is 1. The highest BCUT2D eigenvalue weighted by molar-refractivity contribution is 6.16. The monoisotopic (exact) mass is 180 g/mol. The summed E-state index contributed by atoms with van der Waals surface area (Å²) in [6.07, 6.45) is 4.63. The summed E-state index contributed by atoms with van der Waals surface area (Å²) >= 11 is 11.1. The maximum atomic E-state index is 8.67. The van der Waals surface area contributed by atoms with E-state index in [1.54, 1.807) is 12.4 Å². The molecule has 0 atom stereocenters. The molecule has 0 bridgehead atoms. The first kappa shape index (κ1) is 7.72. The van der Waals surface area contributed by atoms with Crippen LogP contribution >= 0.6 is 23.6 Å². The average Bonchev–Trinajstić information content (AvgIpc) is 1.94. The minimum atomic E-state index is -0.128. The molecule has 0 spiro atoms. The topological polar surface area (TPSA) is 26.7 Å². The van der Waals surface area contributed by atoms with Gasteiger partial charge in [-0.3, -0.25) is 8.84 Å². The summed E-state index contributed by atoms with van der Waals surface area (Å²) < 4.78 is 2.57. The molecule has 1 rings (SSSR count). The molecule has 0 radical (unpaired) electrons. The van der Waals surface area contributed by atoms with Gasteiger partial charge >= 0.3 is 0 Å². The standard InChI is InChI=1S/C5H6Cl2N2O/c6-8-1-2-9(7)5(3-8)4-10/h1-3,10H,4H2. The van der Waals surface area contributed by atoms with Gasteiger partial charge in [0, 0.05) is 42.2 Å². The summed E-state index contributed by atoms with van der Waals surface area (Å²) in [5.41, 5.74) is 0.541. The molecule has 0 saturated carbocycles. The van der Waals surface area contributed by atoms with Crippen LogP contribution in [0, 0.1) is 0 Å². The first-order valence-electron chi connectivity index (χ1n) is 2.63. The molecule has 0 aromatic heterocycles. The lowest BCUT2D eigenvalue weighted by Gasteiger charge is -2.19. The second-order valence-electron chi connectivity index (χ2n) is 1.73. The van der Waals surface area contributed by atoms with Gasteiger partial charge in [-0.05, 0) is 0 Å². The molecule has 0 aromatic carbocycles. The van der Waals surface area contributed by atoms with Crippen LogP contribution in [0.15, 0.2) is 24.3 Å². The van der Waals surface area contributed by atoms with Crippen LogP contribution in [-0.4, -0.2) is 20.6 Å². The largest absolute Gasteiger partial charge is 0.390 e. The van der Waals surface area contributed by atoms with Gasteiger partial charge in [-0.2, -0.15) is 0 Å². The summed E-state index contributed by atoms with van der Waals surface area (Å²) in [5, 5.41) is 8.67. The van der Waals surface area contributed by atoms with Crippen molar-refractivity contribution in [2.24, 2.45) is 0 Å². The fourth-order valence-corrected chi connectivity index (χ4v) is 0.877. The first-order valence-corrected chi connectivity index (χ1v) is 3.30. The summed E-state index contributed by atoms with van der Waals surface area (Å²) in [5.74, 6) is 0. The molecule has 0 saturated heterocycles. The van der Waals surface area contributed by atoms with Crippen LogP contribution in [0.3, 0.4) is 0 Å². The SMILES string of the molecule is OCC1=CN(Cl)C=CN1Cl. The summed E-state index contributed by atoms with van der Waals surface area (Å²) in [7, 11) is 0. The van der Waals surface area contributed by atoms with Gasteiger partial charge in [-0.1, -0.05) is 0 Å². The molecule has 0 amide bonds. The maximum Gasteiger partial charge on any atom is 0.0862 e. The van der Waals surface area contributed by atoms with E-state index >= 15 is 0 Å². The van der Waals surface area contributed by atoms with Crippen molar-refractivity contribution in [2.75, 3.05) is 6.61 Å². The van der Waals surface area contributed by atoms with E-state index in [9.17, 15) is 0 Å². The molecule has 0 unspecified atom stereocenters. The number of nitrogens with zero attached hydrogens (tertiary/aromatic N) is 2. The zero-order valence-electron chi connectivity index (χ0n) is 5.04. The fraction of sp³-hybridized carbons (Fsp3) is 0.200. The quantitative estimate of drug-likeness (QED) is 0.616. The van der Waals surface area contributed by atoms with Gasteiger partial charge in [-0.25, -0.2) is 0 Å². The van der Waals surface area contributed by atoms with Crippen molar-refractivity contribution in [1.82, 2.24) is 8.84 Å². The van der Waals surface area contributed by atoms with Gasteiger partial charge in [0.05, 0.1) is 12.3 Å². The molecule has 0 fully saturated rings. The molecule has 5 heteroatoms. The highest BCUT2D eigenvalue weighted by atomic mass is 35.5. The van der Waals surface area contributed by atoms with Gasteiger partial charge in [0.2, 0.25) is 0 Å². The fourth-order valence-electron chi connectivity index (χ4n) is 0.567. The lowest BCUT2D eigenvalue weighted by molar-refractivity contribution is 0.307. The van der Waals surface area contributed by atoms with Crippen LogP contribution in [0.4, 0.5) is 0 Å². The Kier molecular flexibility index (Phi) is 2.43. The number of halogens is 2. The number of hydrogen-bond donors (Lipinski definition) is 1. The van der Waals surface area contributed by atoms with Gasteiger partial charge in [0.25, 0.3) is 0 Å². The van der Waals surface area contributed by atoms with Crippen molar-refractivity contribution in [2.45, 2.75) is 0 Å². The molecule has 10 heavy (non-hydrogen) atoms. The molecular formula is C5H6Cl2N2O. The Hall–Kier alpha value is -0.380. The van der Waals surface area contributed by atoms with E-state index in [2.05, 4.69) is 0 Å². The van der Waals surface area contributed by atoms with E-state index in [0.717, 1.165) is 0 Å². The number of aliphatic hydroxyl groups is 1. The Morgan fingerprint density at radius 1 is 1.40 bits per heavy atom. The zero-order valence-corrected chi connectivity index (χ0v) is 6.55. The van der Waals surface area contributed by atoms with Crippen molar-refractivity contribution in [3.63, 3.8) is 0 Å². The third-order valence-corrected chi connectivity index (χ3v) is 1.59. The van der Waals surface area contributed by atoms with Crippen molar-refractivity contribution in [3.05, 3.63) is 24.3 Å². The Labute approximate surface area is 69.0 Å². The van der Waals surface area contributed by atoms with E-state index in [0.29, 0.717) is 5.70 Å². The van der Waals surface area contributed by atoms with E-state index in [1.807, 2.05) is 0 Å². The molecule has 1 aliphatic rings. The summed E-state index contributed by atoms with van der Waals surface area (Å²) in [6, 6.07) is 0. The van der Waals surface area contributed by atoms with Gasteiger partial charge in [-0.15, -0.1) is 0 Å². The van der Waals surface area contributed by atoms with Gasteiger partial charge in [0.1, 0.15) is 0 Å². The minimum absolute atomic E-state index is 0.128. The van der Waals surface area contributed by atoms with Crippen LogP contribution in [0.1, 0.15) is 0 Å². The van der Waals surface area contributed by atoms with Crippen LogP contribution in [0.5, 0.6) is 0 Å². The molecule has 0 aliphatic carbocycles. The van der Waals surface area contributed by atoms with E-state index in [-0.39, 0.29) is 6.61 Å². The van der Waals surface area contributed by atoms with Crippen LogP contribution < -0.4 is 0 Å². The molecular weight excluding hydrogens is 175 g/mol. The third kappa shape index (κ3) is 1.56. The van der Waals surface area contributed by atoms with Crippen molar-refractivity contribution in [3.8, 4) is 0 Å². The van der Waals surface area contributed by atoms with Crippen LogP contribution in [0.25, 0.3) is 0 Å². The third-order valence-electron chi connectivity index (χ3n) is 1.05. The second-order valence-corrected chi connectivity index (χ2v) is 2.49. The van der Waals surface area contributed by atoms with Crippen molar-refractivity contribution < 1.29 is 5.11 Å². The molecule has 1 aliphatic heterocycles. The smallest absolute Gasteiger partial charge is 0.0862 e. The number of hydrogen-bond acceptors (Lipinski definition) is 3. The molecule has 56 valence electrons. The molecule has 3 nitrogen and oxygen atoms in total. The van der Waals surface area contributed by atoms with Gasteiger partial charge in [0.15, 0.2) is 0 Å². The maximum absolute atomic E-state index is 8.67. The Morgan fingerprint density at radius 3 is 2.60 bits per heavy atom. The lowest BCUT2D eigenvalue weighted by atomic mass is 10.4. The summed E-state index contributed by atoms with van der Waals surface area (Å²) in [4.78, 5) is 0. The number of aliphatic hydroxyl groups excluding tert-OH is 1. The van der Waals surface area contributed by atoms with Gasteiger partial charge < -0.3 is 5.11 Å². The lowest BCUT2D eigenvalue weighted by Crippen LogP contribution is -2.15. The van der Waals surface area contributed by atoms with Crippen LogP contribution in [0.2, 0.25) is 0 Å². The van der Waals surface area contributed by atoms with E-state index in [4.69, 9.17) is 28.7 Å². The predicted molar refractivity (Wildman–Crippen MR) is 39.7 cm³/mol. The Balaban J connectivity index is 2.69. The average molecular weight is 181 g/mol. The Morgan fingerprint density at radius 2 is 2.10 bits per heavy atom. The highest BCUT2D eigenvalue weighted by Crippen LogP contribution is 2.16. The molecule has 1 N–H and O–H groups in total. The second kappa shape index (κ2) is 3.14. The van der Waals surface area contributed by atoms with E-state index < -0.39 is 0 Å².